The Morgan fingerprint density at radius 2 is 2.24 bits per heavy atom. The largest absolute Gasteiger partial charge is 0.383 e. The van der Waals surface area contributed by atoms with E-state index in [1.807, 2.05) is 18.5 Å². The second kappa shape index (κ2) is 6.91. The number of fused-ring (bicyclic) bond motifs is 1. The molecule has 0 atom stereocenters. The van der Waals surface area contributed by atoms with Crippen molar-refractivity contribution in [1.82, 2.24) is 24.6 Å². The zero-order chi connectivity index (χ0) is 15.4. The number of rotatable bonds is 7. The summed E-state index contributed by atoms with van der Waals surface area (Å²) in [5, 5.41) is 7.22. The molecule has 2 aromatic heterocycles. The Hall–Kier alpha value is -1.60. The number of amides is 1. The van der Waals surface area contributed by atoms with E-state index in [0.29, 0.717) is 19.0 Å². The number of halogens is 1. The molecule has 1 N–H and O–H groups in total. The number of aromatic nitrogens is 4. The monoisotopic (exact) mass is 313 g/mol. The first-order valence-corrected chi connectivity index (χ1v) is 7.38. The van der Waals surface area contributed by atoms with Crippen LogP contribution in [-0.2, 0) is 35.4 Å². The number of methoxy groups -OCH3 is 1. The Kier molecular flexibility index (Phi) is 5.19. The lowest BCUT2D eigenvalue weighted by Gasteiger charge is -2.09. The van der Waals surface area contributed by atoms with E-state index < -0.39 is 0 Å². The van der Waals surface area contributed by atoms with Crippen molar-refractivity contribution in [2.45, 2.75) is 25.8 Å². The van der Waals surface area contributed by atoms with Crippen LogP contribution in [0.2, 0.25) is 0 Å². The third-order valence-corrected chi connectivity index (χ3v) is 3.49. The van der Waals surface area contributed by atoms with Crippen LogP contribution in [0.4, 0.5) is 0 Å². The highest BCUT2D eigenvalue weighted by Crippen LogP contribution is 2.20. The first kappa shape index (κ1) is 15.8. The van der Waals surface area contributed by atoms with E-state index in [1.165, 1.54) is 0 Å². The van der Waals surface area contributed by atoms with Crippen LogP contribution in [0.3, 0.4) is 0 Å². The Balaban J connectivity index is 2.29. The fourth-order valence-corrected chi connectivity index (χ4v) is 2.49. The fraction of sp³-hybridized carbons (Fsp3) is 0.615. The second-order valence-electron chi connectivity index (χ2n) is 4.69. The van der Waals surface area contributed by atoms with Crippen LogP contribution < -0.4 is 5.32 Å². The summed E-state index contributed by atoms with van der Waals surface area (Å²) < 4.78 is 8.48. The number of carbonyl (C=O) groups is 1. The number of aryl methyl sites for hydroxylation is 2. The Bertz CT molecular complexity index is 634. The van der Waals surface area contributed by atoms with Crippen LogP contribution >= 0.6 is 11.6 Å². The molecular formula is C13H20ClN5O2. The number of nitrogens with one attached hydrogen (secondary N) is 1. The lowest BCUT2D eigenvalue weighted by molar-refractivity contribution is -0.121. The van der Waals surface area contributed by atoms with Crippen LogP contribution in [-0.4, -0.2) is 45.5 Å². The topological polar surface area (TPSA) is 74.0 Å². The zero-order valence-corrected chi connectivity index (χ0v) is 13.3. The number of ether oxygens (including phenoxy) is 1. The summed E-state index contributed by atoms with van der Waals surface area (Å²) in [6.45, 7) is 3.16. The maximum Gasteiger partial charge on any atom is 0.240 e. The molecule has 0 radical (unpaired) electrons. The SMILES string of the molecule is CCc1nn(C)c2c1nc(CCl)n2CC(=O)NCCOC. The van der Waals surface area contributed by atoms with Crippen LogP contribution in [0.1, 0.15) is 18.4 Å². The molecule has 2 heterocycles. The zero-order valence-electron chi connectivity index (χ0n) is 12.5. The quantitative estimate of drug-likeness (QED) is 0.607. The summed E-state index contributed by atoms with van der Waals surface area (Å²) in [5.74, 6) is 0.830. The standard InChI is InChI=1S/C13H20ClN5O2/c1-4-9-12-13(18(2)17-9)19(10(7-14)16-12)8-11(20)15-5-6-21-3/h4-8H2,1-3H3,(H,15,20). The van der Waals surface area contributed by atoms with Gasteiger partial charge in [0.2, 0.25) is 5.91 Å². The van der Waals surface area contributed by atoms with Gasteiger partial charge in [0.05, 0.1) is 18.2 Å². The van der Waals surface area contributed by atoms with Crippen LogP contribution in [0.5, 0.6) is 0 Å². The van der Waals surface area contributed by atoms with Crippen molar-refractivity contribution >= 4 is 28.7 Å². The van der Waals surface area contributed by atoms with E-state index in [1.54, 1.807) is 11.8 Å². The molecule has 0 aromatic carbocycles. The van der Waals surface area contributed by atoms with Gasteiger partial charge in [-0.05, 0) is 6.42 Å². The number of imidazole rings is 1. The molecule has 0 bridgehead atoms. The second-order valence-corrected chi connectivity index (χ2v) is 4.95. The van der Waals surface area contributed by atoms with Gasteiger partial charge < -0.3 is 14.6 Å². The molecule has 1 amide bonds. The highest BCUT2D eigenvalue weighted by molar-refractivity contribution is 6.16. The van der Waals surface area contributed by atoms with Gasteiger partial charge in [-0.3, -0.25) is 9.48 Å². The van der Waals surface area contributed by atoms with Crippen molar-refractivity contribution in [2.24, 2.45) is 7.05 Å². The predicted octanol–water partition coefficient (Wildman–Crippen LogP) is 0.834. The van der Waals surface area contributed by atoms with Crippen molar-refractivity contribution in [3.05, 3.63) is 11.5 Å². The van der Waals surface area contributed by atoms with Gasteiger partial charge >= 0.3 is 0 Å². The van der Waals surface area contributed by atoms with Crippen molar-refractivity contribution in [2.75, 3.05) is 20.3 Å². The molecule has 0 saturated heterocycles. The molecule has 116 valence electrons. The molecule has 7 nitrogen and oxygen atoms in total. The molecule has 0 saturated carbocycles. The molecule has 21 heavy (non-hydrogen) atoms. The average Bonchev–Trinajstić information content (AvgIpc) is 2.97. The lowest BCUT2D eigenvalue weighted by Crippen LogP contribution is -2.31. The van der Waals surface area contributed by atoms with Gasteiger partial charge in [-0.1, -0.05) is 6.92 Å². The van der Waals surface area contributed by atoms with Gasteiger partial charge in [-0.2, -0.15) is 5.10 Å². The van der Waals surface area contributed by atoms with Crippen LogP contribution in [0.25, 0.3) is 11.2 Å². The highest BCUT2D eigenvalue weighted by atomic mass is 35.5. The Morgan fingerprint density at radius 1 is 1.48 bits per heavy atom. The van der Waals surface area contributed by atoms with Crippen LogP contribution in [0, 0.1) is 0 Å². The summed E-state index contributed by atoms with van der Waals surface area (Å²) >= 11 is 5.95. The maximum absolute atomic E-state index is 12.0. The van der Waals surface area contributed by atoms with Crippen molar-refractivity contribution in [3.63, 3.8) is 0 Å². The summed E-state index contributed by atoms with van der Waals surface area (Å²) in [6, 6.07) is 0. The molecule has 0 spiro atoms. The first-order chi connectivity index (χ1) is 10.1. The number of carbonyl (C=O) groups excluding carboxylic acids is 1. The van der Waals surface area contributed by atoms with Crippen LogP contribution in [0.15, 0.2) is 0 Å². The minimum atomic E-state index is -0.100. The molecule has 8 heteroatoms. The smallest absolute Gasteiger partial charge is 0.240 e. The third kappa shape index (κ3) is 3.19. The van der Waals surface area contributed by atoms with Crippen molar-refractivity contribution < 1.29 is 9.53 Å². The average molecular weight is 314 g/mol. The minimum absolute atomic E-state index is 0.100. The van der Waals surface area contributed by atoms with Gasteiger partial charge in [0.15, 0.2) is 5.65 Å². The molecule has 2 rings (SSSR count). The summed E-state index contributed by atoms with van der Waals surface area (Å²) in [7, 11) is 3.44. The molecule has 2 aromatic rings. The lowest BCUT2D eigenvalue weighted by atomic mass is 10.3. The summed E-state index contributed by atoms with van der Waals surface area (Å²) in [5.41, 5.74) is 2.56. The van der Waals surface area contributed by atoms with E-state index in [-0.39, 0.29) is 18.3 Å². The summed E-state index contributed by atoms with van der Waals surface area (Å²) in [4.78, 5) is 16.5. The van der Waals surface area contributed by atoms with Crippen molar-refractivity contribution in [3.8, 4) is 0 Å². The number of alkyl halides is 1. The van der Waals surface area contributed by atoms with Gasteiger partial charge in [0, 0.05) is 20.7 Å². The van der Waals surface area contributed by atoms with Gasteiger partial charge in [0.25, 0.3) is 0 Å². The van der Waals surface area contributed by atoms with Gasteiger partial charge in [0.1, 0.15) is 17.9 Å². The first-order valence-electron chi connectivity index (χ1n) is 6.84. The predicted molar refractivity (Wildman–Crippen MR) is 80.3 cm³/mol. The van der Waals surface area contributed by atoms with E-state index in [2.05, 4.69) is 15.4 Å². The molecule has 0 fully saturated rings. The fourth-order valence-electron chi connectivity index (χ4n) is 2.29. The third-order valence-electron chi connectivity index (χ3n) is 3.25. The number of hydrogen-bond acceptors (Lipinski definition) is 4. The number of hydrogen-bond donors (Lipinski definition) is 1. The maximum atomic E-state index is 12.0. The molecular weight excluding hydrogens is 294 g/mol. The molecule has 0 unspecified atom stereocenters. The molecule has 0 aliphatic heterocycles. The Morgan fingerprint density at radius 3 is 2.86 bits per heavy atom. The van der Waals surface area contributed by atoms with E-state index in [0.717, 1.165) is 23.3 Å². The van der Waals surface area contributed by atoms with Crippen molar-refractivity contribution in [1.29, 1.82) is 0 Å². The van der Waals surface area contributed by atoms with Gasteiger partial charge in [-0.25, -0.2) is 4.98 Å². The minimum Gasteiger partial charge on any atom is -0.383 e. The Labute approximate surface area is 128 Å². The molecule has 0 aliphatic carbocycles. The normalized spacial score (nSPS) is 11.2. The van der Waals surface area contributed by atoms with E-state index in [4.69, 9.17) is 16.3 Å². The van der Waals surface area contributed by atoms with Gasteiger partial charge in [-0.15, -0.1) is 11.6 Å². The number of nitrogens with zero attached hydrogens (tertiary/aromatic N) is 4. The van der Waals surface area contributed by atoms with E-state index in [9.17, 15) is 4.79 Å². The van der Waals surface area contributed by atoms with E-state index >= 15 is 0 Å². The summed E-state index contributed by atoms with van der Waals surface area (Å²) in [6.07, 6.45) is 0.788. The molecule has 0 aliphatic rings. The highest BCUT2D eigenvalue weighted by Gasteiger charge is 2.19.